The van der Waals surface area contributed by atoms with Gasteiger partial charge in [0.2, 0.25) is 0 Å². The number of fused-ring (bicyclic) bond motifs is 1. The quantitative estimate of drug-likeness (QED) is 0.558. The Morgan fingerprint density at radius 1 is 0.875 bits per heavy atom. The van der Waals surface area contributed by atoms with Crippen LogP contribution >= 0.6 is 0 Å². The number of phenolic OH excluding ortho intramolecular Hbond substituents is 1. The lowest BCUT2D eigenvalue weighted by molar-refractivity contribution is 0.227. The Hall–Kier alpha value is -0.980. The summed E-state index contributed by atoms with van der Waals surface area (Å²) in [6.45, 7) is 9.41. The second-order valence-corrected chi connectivity index (χ2v) is 9.12. The Balaban J connectivity index is 0.000000182. The van der Waals surface area contributed by atoms with Gasteiger partial charge in [-0.05, 0) is 73.0 Å². The maximum Gasteiger partial charge on any atom is 0.115 e. The second-order valence-electron chi connectivity index (χ2n) is 9.12. The van der Waals surface area contributed by atoms with Gasteiger partial charge in [0.05, 0.1) is 0 Å². The molecule has 1 nitrogen and oxygen atoms in total. The van der Waals surface area contributed by atoms with Crippen molar-refractivity contribution in [3.05, 3.63) is 29.8 Å². The molecule has 0 radical (unpaired) electrons. The van der Waals surface area contributed by atoms with Crippen LogP contribution in [0.25, 0.3) is 0 Å². The van der Waals surface area contributed by atoms with Gasteiger partial charge in [-0.25, -0.2) is 0 Å². The van der Waals surface area contributed by atoms with Gasteiger partial charge in [-0.15, -0.1) is 0 Å². The van der Waals surface area contributed by atoms with Crippen LogP contribution in [0.1, 0.15) is 84.6 Å². The van der Waals surface area contributed by atoms with E-state index in [-0.39, 0.29) is 0 Å². The van der Waals surface area contributed by atoms with Gasteiger partial charge in [-0.1, -0.05) is 65.5 Å². The molecule has 0 spiro atoms. The van der Waals surface area contributed by atoms with Gasteiger partial charge in [0.25, 0.3) is 0 Å². The topological polar surface area (TPSA) is 20.2 Å². The van der Waals surface area contributed by atoms with Crippen molar-refractivity contribution >= 4 is 0 Å². The van der Waals surface area contributed by atoms with Crippen LogP contribution in [0.4, 0.5) is 0 Å². The molecular weight excluding hydrogens is 292 g/mol. The summed E-state index contributed by atoms with van der Waals surface area (Å²) in [6.07, 6.45) is 12.4. The standard InChI is InChI=1S/C13H20O.C10H18/c1-2-3-4-5-6-7-12-8-10-13(14)11-9-12;1-10(2,3)9-5-7-4-8(7)6-9/h8-11,14H,2-7H2,1H3;7-9H,4-6H2,1-3H3. The number of aryl methyl sites for hydroxylation is 1. The molecule has 2 aliphatic rings. The average Bonchev–Trinajstić information content (AvgIpc) is 3.14. The van der Waals surface area contributed by atoms with Crippen LogP contribution in [0.5, 0.6) is 5.75 Å². The molecule has 0 heterocycles. The summed E-state index contributed by atoms with van der Waals surface area (Å²) in [5.74, 6) is 3.71. The van der Waals surface area contributed by atoms with Crippen LogP contribution in [0.15, 0.2) is 24.3 Å². The molecule has 2 atom stereocenters. The monoisotopic (exact) mass is 330 g/mol. The molecule has 2 aliphatic carbocycles. The molecule has 2 fully saturated rings. The van der Waals surface area contributed by atoms with Crippen LogP contribution in [0, 0.1) is 23.2 Å². The number of rotatable bonds is 6. The van der Waals surface area contributed by atoms with Gasteiger partial charge in [-0.3, -0.25) is 0 Å². The molecule has 24 heavy (non-hydrogen) atoms. The SMILES string of the molecule is CC(C)(C)C1CC2CC2C1.CCCCCCCc1ccc(O)cc1. The summed E-state index contributed by atoms with van der Waals surface area (Å²) < 4.78 is 0. The van der Waals surface area contributed by atoms with Gasteiger partial charge < -0.3 is 5.11 Å². The van der Waals surface area contributed by atoms with E-state index in [1.54, 1.807) is 18.6 Å². The molecular formula is C23H38O. The number of benzene rings is 1. The third kappa shape index (κ3) is 6.49. The number of hydrogen-bond donors (Lipinski definition) is 1. The van der Waals surface area contributed by atoms with Crippen molar-refractivity contribution in [1.82, 2.24) is 0 Å². The molecule has 0 aromatic heterocycles. The van der Waals surface area contributed by atoms with Gasteiger partial charge >= 0.3 is 0 Å². The number of hydrogen-bond acceptors (Lipinski definition) is 1. The van der Waals surface area contributed by atoms with Gasteiger partial charge in [0.15, 0.2) is 0 Å². The summed E-state index contributed by atoms with van der Waals surface area (Å²) in [5, 5.41) is 9.10. The number of aromatic hydroxyl groups is 1. The first-order chi connectivity index (χ1) is 11.4. The van der Waals surface area contributed by atoms with E-state index in [1.807, 2.05) is 12.1 Å². The molecule has 2 saturated carbocycles. The third-order valence-electron chi connectivity index (χ3n) is 5.97. The summed E-state index contributed by atoms with van der Waals surface area (Å²) in [5.41, 5.74) is 1.92. The summed E-state index contributed by atoms with van der Waals surface area (Å²) in [6, 6.07) is 7.55. The Bertz CT molecular complexity index is 458. The minimum atomic E-state index is 0.361. The van der Waals surface area contributed by atoms with E-state index >= 15 is 0 Å². The van der Waals surface area contributed by atoms with Crippen LogP contribution in [-0.4, -0.2) is 5.11 Å². The molecule has 0 aliphatic heterocycles. The fourth-order valence-corrected chi connectivity index (χ4v) is 4.02. The minimum Gasteiger partial charge on any atom is -0.508 e. The second kappa shape index (κ2) is 8.92. The van der Waals surface area contributed by atoms with E-state index in [2.05, 4.69) is 27.7 Å². The minimum absolute atomic E-state index is 0.361. The third-order valence-corrected chi connectivity index (χ3v) is 5.97. The molecule has 1 aromatic carbocycles. The van der Waals surface area contributed by atoms with E-state index < -0.39 is 0 Å². The van der Waals surface area contributed by atoms with E-state index in [4.69, 9.17) is 5.11 Å². The first kappa shape index (κ1) is 19.3. The number of unbranched alkanes of at least 4 members (excludes halogenated alkanes) is 4. The van der Waals surface area contributed by atoms with Crippen LogP contribution in [-0.2, 0) is 6.42 Å². The highest BCUT2D eigenvalue weighted by molar-refractivity contribution is 5.25. The van der Waals surface area contributed by atoms with E-state index in [9.17, 15) is 0 Å². The molecule has 0 saturated heterocycles. The molecule has 0 bridgehead atoms. The van der Waals surface area contributed by atoms with E-state index in [0.29, 0.717) is 11.2 Å². The lowest BCUT2D eigenvalue weighted by Gasteiger charge is -2.27. The highest BCUT2D eigenvalue weighted by atomic mass is 16.3. The fraction of sp³-hybridized carbons (Fsp3) is 0.739. The molecule has 0 amide bonds. The molecule has 1 N–H and O–H groups in total. The van der Waals surface area contributed by atoms with Crippen molar-refractivity contribution < 1.29 is 5.11 Å². The summed E-state index contributed by atoms with van der Waals surface area (Å²) in [4.78, 5) is 0. The molecule has 2 unspecified atom stereocenters. The van der Waals surface area contributed by atoms with Crippen LogP contribution in [0.2, 0.25) is 0 Å². The predicted molar refractivity (Wildman–Crippen MR) is 104 cm³/mol. The van der Waals surface area contributed by atoms with Crippen molar-refractivity contribution in [2.24, 2.45) is 23.2 Å². The lowest BCUT2D eigenvalue weighted by Crippen LogP contribution is -2.18. The Morgan fingerprint density at radius 3 is 1.96 bits per heavy atom. The largest absolute Gasteiger partial charge is 0.508 e. The van der Waals surface area contributed by atoms with Gasteiger partial charge in [0, 0.05) is 0 Å². The van der Waals surface area contributed by atoms with E-state index in [1.165, 1.54) is 50.5 Å². The number of phenols is 1. The predicted octanol–water partition coefficient (Wildman–Crippen LogP) is 6.98. The van der Waals surface area contributed by atoms with Crippen molar-refractivity contribution in [2.45, 2.75) is 85.5 Å². The highest BCUT2D eigenvalue weighted by Crippen LogP contribution is 2.58. The molecule has 1 heteroatoms. The first-order valence-electron chi connectivity index (χ1n) is 10.2. The zero-order valence-corrected chi connectivity index (χ0v) is 16.4. The smallest absolute Gasteiger partial charge is 0.115 e. The first-order valence-corrected chi connectivity index (χ1v) is 10.2. The van der Waals surface area contributed by atoms with Gasteiger partial charge in [0.1, 0.15) is 5.75 Å². The zero-order valence-electron chi connectivity index (χ0n) is 16.4. The molecule has 136 valence electrons. The van der Waals surface area contributed by atoms with Gasteiger partial charge in [-0.2, -0.15) is 0 Å². The summed E-state index contributed by atoms with van der Waals surface area (Å²) in [7, 11) is 0. The van der Waals surface area contributed by atoms with Crippen molar-refractivity contribution in [2.75, 3.05) is 0 Å². The Morgan fingerprint density at radius 2 is 1.46 bits per heavy atom. The fourth-order valence-electron chi connectivity index (χ4n) is 4.02. The molecule has 1 aromatic rings. The lowest BCUT2D eigenvalue weighted by atomic mass is 9.78. The maximum atomic E-state index is 9.10. The van der Waals surface area contributed by atoms with Crippen LogP contribution < -0.4 is 0 Å². The van der Waals surface area contributed by atoms with Crippen LogP contribution in [0.3, 0.4) is 0 Å². The maximum absolute atomic E-state index is 9.10. The zero-order chi connectivity index (χ0) is 17.6. The average molecular weight is 331 g/mol. The van der Waals surface area contributed by atoms with Crippen molar-refractivity contribution in [1.29, 1.82) is 0 Å². The Labute approximate surface area is 149 Å². The van der Waals surface area contributed by atoms with Crippen molar-refractivity contribution in [3.63, 3.8) is 0 Å². The molecule has 3 rings (SSSR count). The normalized spacial score (nSPS) is 24.9. The van der Waals surface area contributed by atoms with E-state index in [0.717, 1.165) is 24.2 Å². The highest BCUT2D eigenvalue weighted by Gasteiger charge is 2.48. The summed E-state index contributed by atoms with van der Waals surface area (Å²) >= 11 is 0. The van der Waals surface area contributed by atoms with Crippen molar-refractivity contribution in [3.8, 4) is 5.75 Å². The Kier molecular flexibility index (Phi) is 7.19.